The molecule has 102 valence electrons. The van der Waals surface area contributed by atoms with Crippen LogP contribution in [0, 0.1) is 13.8 Å². The molecule has 2 rings (SSSR count). The maximum atomic E-state index is 12.9. The van der Waals surface area contributed by atoms with Gasteiger partial charge >= 0.3 is 6.18 Å². The third-order valence-electron chi connectivity index (χ3n) is 2.91. The van der Waals surface area contributed by atoms with Crippen LogP contribution in [0.2, 0.25) is 0 Å². The second-order valence-electron chi connectivity index (χ2n) is 4.31. The molecule has 0 spiro atoms. The molecule has 0 aliphatic carbocycles. The zero-order valence-electron chi connectivity index (χ0n) is 10.5. The number of hydrogen-bond donors (Lipinski definition) is 1. The van der Waals surface area contributed by atoms with Crippen molar-refractivity contribution in [1.82, 2.24) is 4.98 Å². The number of nitrogens with zero attached hydrogens (tertiary/aromatic N) is 1. The SMILES string of the molecule is Cc1cc(C(N)c2cnccc2C(F)(F)F)c(C)o1. The van der Waals surface area contributed by atoms with Crippen LogP contribution in [0.5, 0.6) is 0 Å². The van der Waals surface area contributed by atoms with E-state index < -0.39 is 17.8 Å². The monoisotopic (exact) mass is 270 g/mol. The standard InChI is InChI=1S/C13H13F3N2O/c1-7-5-9(8(2)19-7)12(17)10-6-18-4-3-11(10)13(14,15)16/h3-6,12H,17H2,1-2H3. The number of halogens is 3. The van der Waals surface area contributed by atoms with Crippen molar-refractivity contribution in [2.24, 2.45) is 5.73 Å². The lowest BCUT2D eigenvalue weighted by Gasteiger charge is -2.17. The first-order chi connectivity index (χ1) is 8.80. The lowest BCUT2D eigenvalue weighted by molar-refractivity contribution is -0.138. The highest BCUT2D eigenvalue weighted by Crippen LogP contribution is 2.36. The van der Waals surface area contributed by atoms with E-state index in [1.165, 1.54) is 0 Å². The molecule has 0 amide bonds. The van der Waals surface area contributed by atoms with Crippen LogP contribution in [-0.2, 0) is 6.18 Å². The van der Waals surface area contributed by atoms with Crippen molar-refractivity contribution in [3.63, 3.8) is 0 Å². The van der Waals surface area contributed by atoms with Crippen molar-refractivity contribution < 1.29 is 17.6 Å². The van der Waals surface area contributed by atoms with E-state index in [1.807, 2.05) is 0 Å². The summed E-state index contributed by atoms with van der Waals surface area (Å²) in [6.45, 7) is 3.39. The van der Waals surface area contributed by atoms with Crippen LogP contribution in [0.4, 0.5) is 13.2 Å². The summed E-state index contributed by atoms with van der Waals surface area (Å²) in [5.74, 6) is 1.13. The van der Waals surface area contributed by atoms with Gasteiger partial charge in [-0.15, -0.1) is 0 Å². The quantitative estimate of drug-likeness (QED) is 0.910. The summed E-state index contributed by atoms with van der Waals surface area (Å²) < 4.78 is 44.1. The van der Waals surface area contributed by atoms with E-state index >= 15 is 0 Å². The maximum Gasteiger partial charge on any atom is 0.416 e. The van der Waals surface area contributed by atoms with Crippen molar-refractivity contribution in [3.05, 3.63) is 52.7 Å². The minimum atomic E-state index is -4.46. The molecule has 0 aliphatic heterocycles. The Labute approximate surface area is 108 Å². The third-order valence-corrected chi connectivity index (χ3v) is 2.91. The molecule has 0 fully saturated rings. The minimum Gasteiger partial charge on any atom is -0.466 e. The van der Waals surface area contributed by atoms with E-state index in [-0.39, 0.29) is 5.56 Å². The molecule has 19 heavy (non-hydrogen) atoms. The van der Waals surface area contributed by atoms with Crippen molar-refractivity contribution in [3.8, 4) is 0 Å². The van der Waals surface area contributed by atoms with Crippen molar-refractivity contribution in [2.75, 3.05) is 0 Å². The smallest absolute Gasteiger partial charge is 0.416 e. The summed E-state index contributed by atoms with van der Waals surface area (Å²) in [4.78, 5) is 3.73. The van der Waals surface area contributed by atoms with Gasteiger partial charge < -0.3 is 10.2 Å². The molecule has 2 aromatic heterocycles. The molecule has 0 radical (unpaired) electrons. The molecule has 1 atom stereocenters. The molecule has 3 nitrogen and oxygen atoms in total. The summed E-state index contributed by atoms with van der Waals surface area (Å²) >= 11 is 0. The van der Waals surface area contributed by atoms with Gasteiger partial charge in [0.05, 0.1) is 11.6 Å². The zero-order valence-corrected chi connectivity index (χ0v) is 10.5. The van der Waals surface area contributed by atoms with Gasteiger partial charge in [-0.3, -0.25) is 4.98 Å². The van der Waals surface area contributed by atoms with Gasteiger partial charge in [0.2, 0.25) is 0 Å². The van der Waals surface area contributed by atoms with Crippen LogP contribution in [0.25, 0.3) is 0 Å². The average Bonchev–Trinajstić information content (AvgIpc) is 2.66. The van der Waals surface area contributed by atoms with Gasteiger partial charge in [0.15, 0.2) is 0 Å². The molecule has 2 N–H and O–H groups in total. The van der Waals surface area contributed by atoms with Gasteiger partial charge in [0, 0.05) is 23.5 Å². The molecule has 0 aromatic carbocycles. The van der Waals surface area contributed by atoms with Gasteiger partial charge in [-0.25, -0.2) is 0 Å². The number of rotatable bonds is 2. The van der Waals surface area contributed by atoms with Crippen LogP contribution in [-0.4, -0.2) is 4.98 Å². The van der Waals surface area contributed by atoms with Gasteiger partial charge in [-0.1, -0.05) is 0 Å². The van der Waals surface area contributed by atoms with Crippen LogP contribution < -0.4 is 5.73 Å². The van der Waals surface area contributed by atoms with E-state index in [1.54, 1.807) is 19.9 Å². The lowest BCUT2D eigenvalue weighted by Crippen LogP contribution is -2.19. The highest BCUT2D eigenvalue weighted by atomic mass is 19.4. The number of hydrogen-bond acceptors (Lipinski definition) is 3. The Morgan fingerprint density at radius 1 is 1.26 bits per heavy atom. The van der Waals surface area contributed by atoms with E-state index in [4.69, 9.17) is 10.2 Å². The molecule has 0 aliphatic rings. The second kappa shape index (κ2) is 4.70. The first-order valence-corrected chi connectivity index (χ1v) is 5.64. The number of pyridine rings is 1. The van der Waals surface area contributed by atoms with E-state index in [0.29, 0.717) is 17.1 Å². The summed E-state index contributed by atoms with van der Waals surface area (Å²) in [6.07, 6.45) is -2.20. The summed E-state index contributed by atoms with van der Waals surface area (Å²) in [5, 5.41) is 0. The molecule has 2 heterocycles. The summed E-state index contributed by atoms with van der Waals surface area (Å²) in [7, 11) is 0. The fraction of sp³-hybridized carbons (Fsp3) is 0.308. The normalized spacial score (nSPS) is 13.6. The number of aryl methyl sites for hydroxylation is 2. The molecule has 6 heteroatoms. The first-order valence-electron chi connectivity index (χ1n) is 5.64. The van der Waals surface area contributed by atoms with Gasteiger partial charge in [0.1, 0.15) is 11.5 Å². The predicted molar refractivity (Wildman–Crippen MR) is 63.5 cm³/mol. The Hall–Kier alpha value is -1.82. The number of nitrogens with two attached hydrogens (primary N) is 1. The first kappa shape index (κ1) is 13.6. The molecule has 0 saturated heterocycles. The van der Waals surface area contributed by atoms with Gasteiger partial charge in [-0.05, 0) is 26.0 Å². The predicted octanol–water partition coefficient (Wildman–Crippen LogP) is 3.36. The number of aromatic nitrogens is 1. The lowest BCUT2D eigenvalue weighted by atomic mass is 9.97. The molecule has 0 saturated carbocycles. The summed E-state index contributed by atoms with van der Waals surface area (Å²) in [5.41, 5.74) is 5.64. The molecule has 1 unspecified atom stereocenters. The van der Waals surface area contributed by atoms with Crippen LogP contribution in [0.15, 0.2) is 28.9 Å². The van der Waals surface area contributed by atoms with Gasteiger partial charge in [-0.2, -0.15) is 13.2 Å². The van der Waals surface area contributed by atoms with Crippen LogP contribution >= 0.6 is 0 Å². The Bertz CT molecular complexity index is 590. The number of alkyl halides is 3. The van der Waals surface area contributed by atoms with E-state index in [2.05, 4.69) is 4.98 Å². The molecule has 2 aromatic rings. The van der Waals surface area contributed by atoms with Gasteiger partial charge in [0.25, 0.3) is 0 Å². The van der Waals surface area contributed by atoms with Crippen molar-refractivity contribution >= 4 is 0 Å². The fourth-order valence-electron chi connectivity index (χ4n) is 2.04. The van der Waals surface area contributed by atoms with E-state index in [0.717, 1.165) is 18.5 Å². The van der Waals surface area contributed by atoms with Crippen molar-refractivity contribution in [2.45, 2.75) is 26.1 Å². The Morgan fingerprint density at radius 3 is 2.47 bits per heavy atom. The highest BCUT2D eigenvalue weighted by molar-refractivity contribution is 5.38. The largest absolute Gasteiger partial charge is 0.466 e. The topological polar surface area (TPSA) is 52.0 Å². The second-order valence-corrected chi connectivity index (χ2v) is 4.31. The number of furan rings is 1. The van der Waals surface area contributed by atoms with Crippen LogP contribution in [0.3, 0.4) is 0 Å². The fourth-order valence-corrected chi connectivity index (χ4v) is 2.04. The van der Waals surface area contributed by atoms with Crippen molar-refractivity contribution in [1.29, 1.82) is 0 Å². The highest BCUT2D eigenvalue weighted by Gasteiger charge is 2.35. The maximum absolute atomic E-state index is 12.9. The molecule has 0 bridgehead atoms. The third kappa shape index (κ3) is 2.63. The zero-order chi connectivity index (χ0) is 14.2. The Kier molecular flexibility index (Phi) is 3.36. The van der Waals surface area contributed by atoms with E-state index in [9.17, 15) is 13.2 Å². The Morgan fingerprint density at radius 2 is 1.95 bits per heavy atom. The molecular weight excluding hydrogens is 257 g/mol. The van der Waals surface area contributed by atoms with Crippen LogP contribution in [0.1, 0.15) is 34.3 Å². The molecular formula is C13H13F3N2O. The minimum absolute atomic E-state index is 0.0566. The summed E-state index contributed by atoms with van der Waals surface area (Å²) in [6, 6.07) is 1.66. The Balaban J connectivity index is 2.50. The average molecular weight is 270 g/mol.